The lowest BCUT2D eigenvalue weighted by Gasteiger charge is -2.38. The van der Waals surface area contributed by atoms with E-state index in [9.17, 15) is 0 Å². The van der Waals surface area contributed by atoms with Crippen LogP contribution in [-0.4, -0.2) is 16.2 Å². The highest BCUT2D eigenvalue weighted by Crippen LogP contribution is 2.55. The van der Waals surface area contributed by atoms with Crippen LogP contribution in [0.1, 0.15) is 61.4 Å². The molecule has 10 rings (SSSR count). The molecule has 2 aliphatic heterocycles. The number of fused-ring (bicyclic) bond motifs is 9. The summed E-state index contributed by atoms with van der Waals surface area (Å²) >= 11 is 0. The molecule has 3 nitrogen and oxygen atoms in total. The first-order chi connectivity index (χ1) is 23.0. The predicted molar refractivity (Wildman–Crippen MR) is 193 cm³/mol. The number of ether oxygens (including phenoxy) is 1. The van der Waals surface area contributed by atoms with Gasteiger partial charge in [0.1, 0.15) is 11.4 Å². The van der Waals surface area contributed by atoms with Crippen LogP contribution in [0.15, 0.2) is 144 Å². The Bertz CT molecular complexity index is 2230. The molecule has 0 radical (unpaired) electrons. The molecule has 1 aromatic heterocycles. The number of benzene rings is 3. The number of hydrogen-bond donors (Lipinski definition) is 0. The number of para-hydroxylation sites is 2. The fourth-order valence-corrected chi connectivity index (χ4v) is 9.41. The molecular formula is C44H38N2O. The van der Waals surface area contributed by atoms with Gasteiger partial charge in [-0.1, -0.05) is 91.1 Å². The lowest BCUT2D eigenvalue weighted by Crippen LogP contribution is -2.41. The Kier molecular flexibility index (Phi) is 5.63. The van der Waals surface area contributed by atoms with Gasteiger partial charge in [0.2, 0.25) is 0 Å². The van der Waals surface area contributed by atoms with Crippen LogP contribution >= 0.6 is 0 Å². The molecule has 0 bridgehead atoms. The molecule has 0 spiro atoms. The zero-order chi connectivity index (χ0) is 31.3. The van der Waals surface area contributed by atoms with Gasteiger partial charge in [0.25, 0.3) is 0 Å². The summed E-state index contributed by atoms with van der Waals surface area (Å²) in [7, 11) is 0. The third-order valence-electron chi connectivity index (χ3n) is 11.7. The normalized spacial score (nSPS) is 27.8. The maximum Gasteiger partial charge on any atom is 0.142 e. The summed E-state index contributed by atoms with van der Waals surface area (Å²) in [5.74, 6) is 1.14. The minimum atomic E-state index is -0.465. The number of allylic oxidation sites excluding steroid dienone is 7. The highest BCUT2D eigenvalue weighted by molar-refractivity contribution is 5.90. The molecule has 4 aliphatic carbocycles. The first kappa shape index (κ1) is 27.1. The Morgan fingerprint density at radius 1 is 0.872 bits per heavy atom. The number of anilines is 1. The molecule has 47 heavy (non-hydrogen) atoms. The van der Waals surface area contributed by atoms with Crippen molar-refractivity contribution in [3.63, 3.8) is 0 Å². The van der Waals surface area contributed by atoms with Crippen LogP contribution < -0.4 is 9.64 Å². The Hall–Kier alpha value is -5.02. The van der Waals surface area contributed by atoms with E-state index in [1.165, 1.54) is 61.5 Å². The van der Waals surface area contributed by atoms with Gasteiger partial charge < -0.3 is 14.2 Å². The monoisotopic (exact) mass is 610 g/mol. The highest BCUT2D eigenvalue weighted by Gasteiger charge is 2.50. The zero-order valence-corrected chi connectivity index (χ0v) is 27.0. The molecule has 4 aromatic rings. The molecule has 4 atom stereocenters. The average Bonchev–Trinajstić information content (AvgIpc) is 3.70. The van der Waals surface area contributed by atoms with Gasteiger partial charge in [0.15, 0.2) is 0 Å². The molecule has 0 saturated heterocycles. The van der Waals surface area contributed by atoms with Crippen molar-refractivity contribution >= 4 is 22.7 Å². The molecule has 3 heteroatoms. The van der Waals surface area contributed by atoms with Crippen LogP contribution in [0.3, 0.4) is 0 Å². The largest absolute Gasteiger partial charge is 0.482 e. The first-order valence-corrected chi connectivity index (χ1v) is 17.2. The lowest BCUT2D eigenvalue weighted by molar-refractivity contribution is 0.143. The second kappa shape index (κ2) is 9.75. The minimum Gasteiger partial charge on any atom is -0.482 e. The number of rotatable bonds is 3. The molecule has 0 fully saturated rings. The van der Waals surface area contributed by atoms with E-state index in [0.717, 1.165) is 31.4 Å². The summed E-state index contributed by atoms with van der Waals surface area (Å²) in [6.45, 7) is 4.68. The number of aryl methyl sites for hydroxylation is 1. The molecule has 4 unspecified atom stereocenters. The number of nitrogens with zero attached hydrogens (tertiary/aromatic N) is 2. The van der Waals surface area contributed by atoms with Crippen molar-refractivity contribution in [1.82, 2.24) is 4.57 Å². The van der Waals surface area contributed by atoms with Crippen LogP contribution in [-0.2, 0) is 11.8 Å². The molecule has 230 valence electrons. The smallest absolute Gasteiger partial charge is 0.142 e. The summed E-state index contributed by atoms with van der Waals surface area (Å²) in [5, 5.41) is 1.37. The Balaban J connectivity index is 1.03. The number of aromatic nitrogens is 1. The maximum atomic E-state index is 7.02. The first-order valence-electron chi connectivity index (χ1n) is 17.2. The van der Waals surface area contributed by atoms with Gasteiger partial charge in [-0.05, 0) is 104 Å². The van der Waals surface area contributed by atoms with Crippen LogP contribution in [0, 0.1) is 0 Å². The van der Waals surface area contributed by atoms with Gasteiger partial charge in [-0.3, -0.25) is 0 Å². The van der Waals surface area contributed by atoms with Crippen molar-refractivity contribution in [3.8, 4) is 11.4 Å². The third kappa shape index (κ3) is 3.69. The van der Waals surface area contributed by atoms with Gasteiger partial charge in [0, 0.05) is 45.0 Å². The quantitative estimate of drug-likeness (QED) is 0.230. The van der Waals surface area contributed by atoms with Crippen LogP contribution in [0.4, 0.5) is 5.69 Å². The van der Waals surface area contributed by atoms with Gasteiger partial charge in [-0.15, -0.1) is 0 Å². The second-order valence-electron chi connectivity index (χ2n) is 14.2. The van der Waals surface area contributed by atoms with Gasteiger partial charge >= 0.3 is 0 Å². The molecule has 0 saturated carbocycles. The Morgan fingerprint density at radius 2 is 1.77 bits per heavy atom. The SMILES string of the molecule is CC12Oc3ccc(-n4c5c(c6ccccc64)CCC=C5)cc3C1C=CC=C2C1=CC(N2c3ccccc3C3(C)C=CC=CC23)=CCC1. The Labute approximate surface area is 276 Å². The van der Waals surface area contributed by atoms with Crippen molar-refractivity contribution in [1.29, 1.82) is 0 Å². The van der Waals surface area contributed by atoms with Crippen molar-refractivity contribution in [2.45, 2.75) is 62.5 Å². The predicted octanol–water partition coefficient (Wildman–Crippen LogP) is 10.2. The van der Waals surface area contributed by atoms with Crippen molar-refractivity contribution < 1.29 is 4.74 Å². The summed E-state index contributed by atoms with van der Waals surface area (Å²) < 4.78 is 9.47. The fourth-order valence-electron chi connectivity index (χ4n) is 9.41. The maximum absolute atomic E-state index is 7.02. The van der Waals surface area contributed by atoms with E-state index in [4.69, 9.17) is 4.74 Å². The average molecular weight is 611 g/mol. The fraction of sp³-hybridized carbons (Fsp3) is 0.227. The summed E-state index contributed by atoms with van der Waals surface area (Å²) in [6.07, 6.45) is 29.8. The molecule has 0 N–H and O–H groups in total. The van der Waals surface area contributed by atoms with Crippen molar-refractivity contribution in [2.24, 2.45) is 0 Å². The van der Waals surface area contributed by atoms with Crippen molar-refractivity contribution in [2.75, 3.05) is 4.90 Å². The standard InChI is InChI=1S/C44H38N2O/c1-43-26-10-9-23-42(43)46(40-22-8-5-17-37(40)43)30-14-11-13-29(27-30)35-18-12-19-36-34-28-31(24-25-41(34)47-44(35,36)2)45-38-20-6-3-15-32(38)33-16-4-7-21-39(33)45/h3,5-10,12,14-15,17-28,36,42H,4,11,13,16H2,1-2H3. The summed E-state index contributed by atoms with van der Waals surface area (Å²) in [4.78, 5) is 2.57. The van der Waals surface area contributed by atoms with Crippen LogP contribution in [0.2, 0.25) is 0 Å². The molecular weight excluding hydrogens is 572 g/mol. The van der Waals surface area contributed by atoms with Gasteiger partial charge in [0.05, 0.1) is 11.6 Å². The highest BCUT2D eigenvalue weighted by atomic mass is 16.5. The second-order valence-corrected chi connectivity index (χ2v) is 14.2. The summed E-state index contributed by atoms with van der Waals surface area (Å²) in [6, 6.07) is 24.9. The molecule has 3 heterocycles. The van der Waals surface area contributed by atoms with E-state index in [2.05, 4.69) is 157 Å². The Morgan fingerprint density at radius 3 is 2.72 bits per heavy atom. The molecule has 3 aromatic carbocycles. The molecule has 0 amide bonds. The van der Waals surface area contributed by atoms with Crippen LogP contribution in [0.5, 0.6) is 5.75 Å². The van der Waals surface area contributed by atoms with E-state index in [1.807, 2.05) is 0 Å². The third-order valence-corrected chi connectivity index (χ3v) is 11.7. The minimum absolute atomic E-state index is 0.0461. The van der Waals surface area contributed by atoms with Gasteiger partial charge in [-0.2, -0.15) is 0 Å². The topological polar surface area (TPSA) is 17.4 Å². The summed E-state index contributed by atoms with van der Waals surface area (Å²) in [5.41, 5.74) is 12.7. The van der Waals surface area contributed by atoms with E-state index >= 15 is 0 Å². The lowest BCUT2D eigenvalue weighted by atomic mass is 9.73. The van der Waals surface area contributed by atoms with E-state index in [-0.39, 0.29) is 17.4 Å². The zero-order valence-electron chi connectivity index (χ0n) is 27.0. The van der Waals surface area contributed by atoms with E-state index in [0.29, 0.717) is 0 Å². The van der Waals surface area contributed by atoms with Crippen molar-refractivity contribution in [3.05, 3.63) is 167 Å². The van der Waals surface area contributed by atoms with E-state index < -0.39 is 5.60 Å². The van der Waals surface area contributed by atoms with Gasteiger partial charge in [-0.25, -0.2) is 0 Å². The number of hydrogen-bond acceptors (Lipinski definition) is 2. The van der Waals surface area contributed by atoms with Crippen LogP contribution in [0.25, 0.3) is 22.7 Å². The molecule has 6 aliphatic rings. The van der Waals surface area contributed by atoms with E-state index in [1.54, 1.807) is 0 Å².